The van der Waals surface area contributed by atoms with E-state index in [1.807, 2.05) is 0 Å². The number of anilines is 1. The third kappa shape index (κ3) is 4.84. The van der Waals surface area contributed by atoms with E-state index >= 15 is 0 Å². The lowest BCUT2D eigenvalue weighted by atomic mass is 10.1. The van der Waals surface area contributed by atoms with Crippen LogP contribution in [0.2, 0.25) is 0 Å². The van der Waals surface area contributed by atoms with Crippen molar-refractivity contribution in [2.45, 2.75) is 26.4 Å². The van der Waals surface area contributed by atoms with Gasteiger partial charge in [0.05, 0.1) is 11.9 Å². The fourth-order valence-electron chi connectivity index (χ4n) is 2.10. The Labute approximate surface area is 150 Å². The summed E-state index contributed by atoms with van der Waals surface area (Å²) in [4.78, 5) is 27.5. The van der Waals surface area contributed by atoms with E-state index in [-0.39, 0.29) is 18.2 Å². The van der Waals surface area contributed by atoms with Crippen molar-refractivity contribution in [3.63, 3.8) is 0 Å². The number of imidazole rings is 1. The highest BCUT2D eigenvalue weighted by Gasteiger charge is 2.22. The van der Waals surface area contributed by atoms with Gasteiger partial charge in [0, 0.05) is 11.1 Å². The highest BCUT2D eigenvalue weighted by molar-refractivity contribution is 5.88. The van der Waals surface area contributed by atoms with Crippen molar-refractivity contribution in [1.82, 2.24) is 9.55 Å². The molecule has 1 aromatic carbocycles. The molecule has 0 saturated carbocycles. The molecule has 1 heterocycles. The number of ether oxygens (including phenoxy) is 1. The average Bonchev–Trinajstić information content (AvgIpc) is 2.95. The first-order valence-electron chi connectivity index (χ1n) is 7.72. The Bertz CT molecular complexity index is 867. The number of rotatable bonds is 2. The van der Waals surface area contributed by atoms with Crippen LogP contribution in [-0.2, 0) is 4.74 Å². The minimum atomic E-state index is -1.30. The molecule has 0 atom stereocenters. The number of amides is 1. The number of nitrogens with zero attached hydrogens (tertiary/aromatic N) is 2. The number of aliphatic hydroxyl groups excluding tert-OH is 1. The van der Waals surface area contributed by atoms with Crippen LogP contribution in [0.3, 0.4) is 0 Å². The number of nitrogens with one attached hydrogen (secondary N) is 1. The Morgan fingerprint density at radius 3 is 2.46 bits per heavy atom. The Morgan fingerprint density at radius 1 is 1.27 bits per heavy atom. The highest BCUT2D eigenvalue weighted by atomic mass is 16.6. The van der Waals surface area contributed by atoms with Gasteiger partial charge in [0.2, 0.25) is 5.95 Å². The lowest BCUT2D eigenvalue weighted by Gasteiger charge is -2.19. The summed E-state index contributed by atoms with van der Waals surface area (Å²) in [7, 11) is 0. The Balaban J connectivity index is 2.32. The van der Waals surface area contributed by atoms with Crippen molar-refractivity contribution in [2.75, 3.05) is 11.9 Å². The second kappa shape index (κ2) is 7.72. The van der Waals surface area contributed by atoms with Gasteiger partial charge in [-0.15, -0.1) is 0 Å². The maximum absolute atomic E-state index is 11.9. The fourth-order valence-corrected chi connectivity index (χ4v) is 2.10. The molecule has 26 heavy (non-hydrogen) atoms. The number of carbonyl (C=O) groups is 2. The first kappa shape index (κ1) is 19.0. The molecule has 2 rings (SSSR count). The van der Waals surface area contributed by atoms with Crippen LogP contribution in [0, 0.1) is 11.8 Å². The summed E-state index contributed by atoms with van der Waals surface area (Å²) in [5.41, 5.74) is 0.812. The van der Waals surface area contributed by atoms with Crippen molar-refractivity contribution >= 4 is 18.1 Å². The molecular weight excluding hydrogens is 338 g/mol. The van der Waals surface area contributed by atoms with Crippen LogP contribution in [0.5, 0.6) is 0 Å². The molecule has 0 aliphatic carbocycles. The van der Waals surface area contributed by atoms with E-state index in [4.69, 9.17) is 9.84 Å². The van der Waals surface area contributed by atoms with E-state index in [1.54, 1.807) is 45.0 Å². The molecule has 0 aliphatic heterocycles. The number of hydrogen-bond donors (Lipinski definition) is 3. The summed E-state index contributed by atoms with van der Waals surface area (Å²) in [6.07, 6.45) is -0.755. The highest BCUT2D eigenvalue weighted by Crippen LogP contribution is 2.24. The van der Waals surface area contributed by atoms with Crippen LogP contribution in [-0.4, -0.2) is 44.2 Å². The standard InChI is InChI=1S/C18H19N3O5/c1-18(2,3)26-16(23)20-15-19-11-14(21(15)17(24)25)13-8-6-12(7-9-13)5-4-10-22/h6-9,11,22H,10H2,1-3H3,(H,24,25)(H,19,20,23). The summed E-state index contributed by atoms with van der Waals surface area (Å²) < 4.78 is 5.97. The maximum Gasteiger partial charge on any atom is 0.418 e. The van der Waals surface area contributed by atoms with Gasteiger partial charge in [-0.2, -0.15) is 0 Å². The second-order valence-corrected chi connectivity index (χ2v) is 6.25. The van der Waals surface area contributed by atoms with Crippen LogP contribution >= 0.6 is 0 Å². The van der Waals surface area contributed by atoms with Crippen LogP contribution in [0.4, 0.5) is 15.5 Å². The fraction of sp³-hybridized carbons (Fsp3) is 0.278. The Hall–Kier alpha value is -3.31. The van der Waals surface area contributed by atoms with Gasteiger partial charge in [0.25, 0.3) is 0 Å². The molecular formula is C18H19N3O5. The van der Waals surface area contributed by atoms with Crippen molar-refractivity contribution in [2.24, 2.45) is 0 Å². The van der Waals surface area contributed by atoms with E-state index < -0.39 is 17.8 Å². The molecule has 3 N–H and O–H groups in total. The monoisotopic (exact) mass is 357 g/mol. The molecule has 0 unspecified atom stereocenters. The Kier molecular flexibility index (Phi) is 5.64. The third-order valence-corrected chi connectivity index (χ3v) is 3.06. The van der Waals surface area contributed by atoms with E-state index in [0.717, 1.165) is 4.57 Å². The minimum absolute atomic E-state index is 0.161. The topological polar surface area (TPSA) is 114 Å². The second-order valence-electron chi connectivity index (χ2n) is 6.25. The molecule has 8 heteroatoms. The molecule has 136 valence electrons. The molecule has 0 radical (unpaired) electrons. The summed E-state index contributed by atoms with van der Waals surface area (Å²) >= 11 is 0. The van der Waals surface area contributed by atoms with Gasteiger partial charge in [0.15, 0.2) is 0 Å². The van der Waals surface area contributed by atoms with Gasteiger partial charge in [-0.3, -0.25) is 5.32 Å². The summed E-state index contributed by atoms with van der Waals surface area (Å²) in [5, 5.41) is 20.5. The van der Waals surface area contributed by atoms with Crippen LogP contribution in [0.25, 0.3) is 11.3 Å². The van der Waals surface area contributed by atoms with Crippen molar-refractivity contribution < 1.29 is 24.5 Å². The number of aliphatic hydroxyl groups is 1. The van der Waals surface area contributed by atoms with Crippen LogP contribution in [0.15, 0.2) is 30.5 Å². The average molecular weight is 357 g/mol. The molecule has 0 fully saturated rings. The minimum Gasteiger partial charge on any atom is -0.464 e. The first-order valence-corrected chi connectivity index (χ1v) is 7.72. The molecule has 2 aromatic rings. The molecule has 1 amide bonds. The molecule has 8 nitrogen and oxygen atoms in total. The number of hydrogen-bond acceptors (Lipinski definition) is 5. The molecule has 0 spiro atoms. The smallest absolute Gasteiger partial charge is 0.418 e. The summed E-state index contributed by atoms with van der Waals surface area (Å²) in [5.74, 6) is 5.12. The SMILES string of the molecule is CC(C)(C)OC(=O)Nc1ncc(-c2ccc(C#CCO)cc2)n1C(=O)O. The van der Waals surface area contributed by atoms with Crippen molar-refractivity contribution in [1.29, 1.82) is 0 Å². The molecule has 0 saturated heterocycles. The van der Waals surface area contributed by atoms with E-state index in [2.05, 4.69) is 22.1 Å². The summed E-state index contributed by atoms with van der Waals surface area (Å²) in [6.45, 7) is 4.85. The van der Waals surface area contributed by atoms with Crippen LogP contribution < -0.4 is 5.32 Å². The number of aromatic nitrogens is 2. The van der Waals surface area contributed by atoms with E-state index in [0.29, 0.717) is 11.1 Å². The van der Waals surface area contributed by atoms with Gasteiger partial charge in [-0.25, -0.2) is 19.1 Å². The normalized spacial score (nSPS) is 10.6. The molecule has 0 bridgehead atoms. The lowest BCUT2D eigenvalue weighted by molar-refractivity contribution is 0.0634. The molecule has 0 aliphatic rings. The lowest BCUT2D eigenvalue weighted by Crippen LogP contribution is -2.28. The zero-order chi connectivity index (χ0) is 19.3. The predicted molar refractivity (Wildman–Crippen MR) is 94.9 cm³/mol. The zero-order valence-corrected chi connectivity index (χ0v) is 14.6. The van der Waals surface area contributed by atoms with E-state index in [1.165, 1.54) is 6.20 Å². The van der Waals surface area contributed by atoms with Gasteiger partial charge >= 0.3 is 12.2 Å². The third-order valence-electron chi connectivity index (χ3n) is 3.06. The number of carbonyl (C=O) groups excluding carboxylic acids is 1. The van der Waals surface area contributed by atoms with Gasteiger partial charge in [-0.1, -0.05) is 24.0 Å². The zero-order valence-electron chi connectivity index (χ0n) is 14.6. The number of carboxylic acid groups (broad SMARTS) is 1. The summed E-state index contributed by atoms with van der Waals surface area (Å²) in [6, 6.07) is 6.74. The van der Waals surface area contributed by atoms with Gasteiger partial charge in [-0.05, 0) is 32.9 Å². The Morgan fingerprint density at radius 2 is 1.92 bits per heavy atom. The van der Waals surface area contributed by atoms with Gasteiger partial charge < -0.3 is 14.9 Å². The van der Waals surface area contributed by atoms with Crippen LogP contribution in [0.1, 0.15) is 26.3 Å². The van der Waals surface area contributed by atoms with Crippen molar-refractivity contribution in [3.8, 4) is 23.1 Å². The van der Waals surface area contributed by atoms with E-state index in [9.17, 15) is 14.7 Å². The largest absolute Gasteiger partial charge is 0.464 e. The predicted octanol–water partition coefficient (Wildman–Crippen LogP) is 2.77. The van der Waals surface area contributed by atoms with Crippen molar-refractivity contribution in [3.05, 3.63) is 36.0 Å². The quantitative estimate of drug-likeness (QED) is 0.712. The van der Waals surface area contributed by atoms with Gasteiger partial charge in [0.1, 0.15) is 12.2 Å². The maximum atomic E-state index is 11.9. The number of benzene rings is 1. The first-order chi connectivity index (χ1) is 12.2. The molecule has 1 aromatic heterocycles.